The number of aromatic nitrogens is 2. The van der Waals surface area contributed by atoms with Crippen LogP contribution in [0.25, 0.3) is 0 Å². The van der Waals surface area contributed by atoms with E-state index in [-0.39, 0.29) is 12.6 Å². The molecule has 0 aliphatic carbocycles. The second-order valence-electron chi connectivity index (χ2n) is 3.64. The Morgan fingerprint density at radius 2 is 2.54 bits per heavy atom. The van der Waals surface area contributed by atoms with Gasteiger partial charge in [-0.25, -0.2) is 4.98 Å². The van der Waals surface area contributed by atoms with Gasteiger partial charge in [0.15, 0.2) is 0 Å². The Kier molecular flexibility index (Phi) is 2.36. The molecule has 72 valence electrons. The molecule has 0 amide bonds. The van der Waals surface area contributed by atoms with Crippen LogP contribution in [0.2, 0.25) is 0 Å². The summed E-state index contributed by atoms with van der Waals surface area (Å²) in [6.45, 7) is 2.36. The first kappa shape index (κ1) is 8.75. The number of aryl methyl sites for hydroxylation is 2. The average Bonchev–Trinajstić information content (AvgIpc) is 2.59. The Hall–Kier alpha value is -0.830. The van der Waals surface area contributed by atoms with Crippen molar-refractivity contribution in [3.8, 4) is 0 Å². The monoisotopic (exact) mass is 180 g/mol. The molecule has 3 nitrogen and oxygen atoms in total. The molecule has 0 aromatic carbocycles. The third-order valence-electron chi connectivity index (χ3n) is 2.76. The molecular weight excluding hydrogens is 164 g/mol. The highest BCUT2D eigenvalue weighted by Crippen LogP contribution is 2.24. The molecule has 0 saturated carbocycles. The molecule has 1 aromatic rings. The van der Waals surface area contributed by atoms with Crippen LogP contribution in [0.3, 0.4) is 0 Å². The molecule has 0 spiro atoms. The quantitative estimate of drug-likeness (QED) is 0.745. The zero-order chi connectivity index (χ0) is 9.26. The molecule has 2 rings (SSSR count). The number of nitrogens with zero attached hydrogens (tertiary/aromatic N) is 2. The highest BCUT2D eigenvalue weighted by atomic mass is 16.3. The summed E-state index contributed by atoms with van der Waals surface area (Å²) in [6.07, 6.45) is 6.39. The maximum atomic E-state index is 9.17. The van der Waals surface area contributed by atoms with Gasteiger partial charge in [0.05, 0.1) is 18.3 Å². The Morgan fingerprint density at radius 1 is 1.69 bits per heavy atom. The van der Waals surface area contributed by atoms with Crippen molar-refractivity contribution in [1.82, 2.24) is 9.55 Å². The smallest absolute Gasteiger partial charge is 0.109 e. The molecule has 1 atom stereocenters. The van der Waals surface area contributed by atoms with Gasteiger partial charge in [-0.05, 0) is 19.3 Å². The van der Waals surface area contributed by atoms with E-state index >= 15 is 0 Å². The lowest BCUT2D eigenvalue weighted by atomic mass is 10.1. The maximum Gasteiger partial charge on any atom is 0.109 e. The first-order valence-electron chi connectivity index (χ1n) is 5.02. The second-order valence-corrected chi connectivity index (χ2v) is 3.64. The van der Waals surface area contributed by atoms with Crippen LogP contribution < -0.4 is 0 Å². The second kappa shape index (κ2) is 3.50. The maximum absolute atomic E-state index is 9.17. The number of imidazole rings is 1. The topological polar surface area (TPSA) is 38.0 Å². The standard InChI is InChI=1S/C10H16N2O/c1-2-8-6-12-9(7-13)4-3-5-10(12)11-8/h6,9,13H,2-5,7H2,1H3. The van der Waals surface area contributed by atoms with E-state index in [0.29, 0.717) is 0 Å². The van der Waals surface area contributed by atoms with Crippen molar-refractivity contribution >= 4 is 0 Å². The lowest BCUT2D eigenvalue weighted by Crippen LogP contribution is -2.20. The van der Waals surface area contributed by atoms with Crippen molar-refractivity contribution in [2.75, 3.05) is 6.61 Å². The van der Waals surface area contributed by atoms with Gasteiger partial charge in [0.25, 0.3) is 0 Å². The van der Waals surface area contributed by atoms with E-state index in [1.54, 1.807) is 0 Å². The van der Waals surface area contributed by atoms with E-state index in [0.717, 1.165) is 37.2 Å². The van der Waals surface area contributed by atoms with E-state index < -0.39 is 0 Å². The van der Waals surface area contributed by atoms with Crippen LogP contribution in [-0.2, 0) is 12.8 Å². The van der Waals surface area contributed by atoms with Crippen molar-refractivity contribution in [2.45, 2.75) is 38.6 Å². The molecule has 3 heteroatoms. The van der Waals surface area contributed by atoms with Crippen LogP contribution in [0.5, 0.6) is 0 Å². The van der Waals surface area contributed by atoms with Crippen molar-refractivity contribution in [3.63, 3.8) is 0 Å². The summed E-state index contributed by atoms with van der Waals surface area (Å²) in [4.78, 5) is 4.52. The minimum absolute atomic E-state index is 0.243. The molecule has 1 unspecified atom stereocenters. The number of aliphatic hydroxyl groups is 1. The fourth-order valence-corrected chi connectivity index (χ4v) is 1.97. The fraction of sp³-hybridized carbons (Fsp3) is 0.700. The van der Waals surface area contributed by atoms with E-state index in [1.807, 2.05) is 0 Å². The van der Waals surface area contributed by atoms with Gasteiger partial charge in [0.1, 0.15) is 5.82 Å². The van der Waals surface area contributed by atoms with E-state index in [2.05, 4.69) is 22.7 Å². The molecule has 1 aliphatic heterocycles. The molecule has 0 bridgehead atoms. The lowest BCUT2D eigenvalue weighted by Gasteiger charge is -2.22. The van der Waals surface area contributed by atoms with Crippen molar-refractivity contribution < 1.29 is 5.11 Å². The average molecular weight is 180 g/mol. The largest absolute Gasteiger partial charge is 0.394 e. The Morgan fingerprint density at radius 3 is 3.23 bits per heavy atom. The third-order valence-corrected chi connectivity index (χ3v) is 2.76. The van der Waals surface area contributed by atoms with Crippen molar-refractivity contribution in [3.05, 3.63) is 17.7 Å². The summed E-state index contributed by atoms with van der Waals surface area (Å²) >= 11 is 0. The summed E-state index contributed by atoms with van der Waals surface area (Å²) in [5.41, 5.74) is 1.15. The van der Waals surface area contributed by atoms with Gasteiger partial charge in [0, 0.05) is 12.6 Å². The van der Waals surface area contributed by atoms with Gasteiger partial charge >= 0.3 is 0 Å². The van der Waals surface area contributed by atoms with E-state index in [9.17, 15) is 5.11 Å². The minimum atomic E-state index is 0.243. The van der Waals surface area contributed by atoms with Crippen LogP contribution in [0.15, 0.2) is 6.20 Å². The van der Waals surface area contributed by atoms with Gasteiger partial charge in [0.2, 0.25) is 0 Å². The van der Waals surface area contributed by atoms with Crippen LogP contribution in [0.1, 0.15) is 37.3 Å². The minimum Gasteiger partial charge on any atom is -0.394 e. The predicted octanol–water partition coefficient (Wildman–Crippen LogP) is 1.32. The molecule has 2 heterocycles. The Bertz CT molecular complexity index is 293. The first-order chi connectivity index (χ1) is 6.35. The summed E-state index contributed by atoms with van der Waals surface area (Å²) in [7, 11) is 0. The van der Waals surface area contributed by atoms with Gasteiger partial charge < -0.3 is 9.67 Å². The van der Waals surface area contributed by atoms with Crippen molar-refractivity contribution in [2.24, 2.45) is 0 Å². The Labute approximate surface area is 78.4 Å². The van der Waals surface area contributed by atoms with Crippen LogP contribution in [-0.4, -0.2) is 21.3 Å². The normalized spacial score (nSPS) is 21.5. The van der Waals surface area contributed by atoms with Gasteiger partial charge in [-0.3, -0.25) is 0 Å². The van der Waals surface area contributed by atoms with Crippen LogP contribution in [0.4, 0.5) is 0 Å². The molecular formula is C10H16N2O. The zero-order valence-electron chi connectivity index (χ0n) is 8.03. The summed E-state index contributed by atoms with van der Waals surface area (Å²) in [5.74, 6) is 1.15. The number of hydrogen-bond acceptors (Lipinski definition) is 2. The summed E-state index contributed by atoms with van der Waals surface area (Å²) in [6, 6.07) is 0.275. The molecule has 1 N–H and O–H groups in total. The number of rotatable bonds is 2. The van der Waals surface area contributed by atoms with Gasteiger partial charge in [-0.2, -0.15) is 0 Å². The van der Waals surface area contributed by atoms with Crippen LogP contribution in [0, 0.1) is 0 Å². The van der Waals surface area contributed by atoms with Crippen molar-refractivity contribution in [1.29, 1.82) is 0 Å². The number of fused-ring (bicyclic) bond motifs is 1. The van der Waals surface area contributed by atoms with E-state index in [4.69, 9.17) is 0 Å². The molecule has 1 aromatic heterocycles. The molecule has 13 heavy (non-hydrogen) atoms. The SMILES string of the molecule is CCc1cn2c(n1)CCCC2CO. The highest BCUT2D eigenvalue weighted by Gasteiger charge is 2.19. The zero-order valence-corrected chi connectivity index (χ0v) is 8.03. The summed E-state index contributed by atoms with van der Waals surface area (Å²) < 4.78 is 2.16. The van der Waals surface area contributed by atoms with E-state index in [1.165, 1.54) is 0 Å². The highest BCUT2D eigenvalue weighted by molar-refractivity contribution is 5.08. The molecule has 0 saturated heterocycles. The molecule has 0 fully saturated rings. The first-order valence-corrected chi connectivity index (χ1v) is 5.02. The predicted molar refractivity (Wildman–Crippen MR) is 50.7 cm³/mol. The van der Waals surface area contributed by atoms with Gasteiger partial charge in [-0.1, -0.05) is 6.92 Å². The summed E-state index contributed by atoms with van der Waals surface area (Å²) in [5, 5.41) is 9.17. The lowest BCUT2D eigenvalue weighted by molar-refractivity contribution is 0.206. The molecule has 0 radical (unpaired) electrons. The fourth-order valence-electron chi connectivity index (χ4n) is 1.97. The number of hydrogen-bond donors (Lipinski definition) is 1. The third kappa shape index (κ3) is 1.48. The number of aliphatic hydroxyl groups excluding tert-OH is 1. The van der Waals surface area contributed by atoms with Gasteiger partial charge in [-0.15, -0.1) is 0 Å². The van der Waals surface area contributed by atoms with Crippen LogP contribution >= 0.6 is 0 Å². The molecule has 1 aliphatic rings. The Balaban J connectivity index is 2.32.